The molecule has 98 valence electrons. The maximum atomic E-state index is 11.6. The number of carbonyl (C=O) groups excluding carboxylic acids is 1. The first-order chi connectivity index (χ1) is 6.78. The van der Waals surface area contributed by atoms with E-state index >= 15 is 0 Å². The topological polar surface area (TPSA) is 55.1 Å². The van der Waals surface area contributed by atoms with Crippen LogP contribution in [0.15, 0.2) is 0 Å². The fourth-order valence-electron chi connectivity index (χ4n) is 1.12. The minimum Gasteiger partial charge on any atom is -0.353 e. The molecule has 0 aromatic carbocycles. The van der Waals surface area contributed by atoms with Crippen LogP contribution in [0.2, 0.25) is 0 Å². The van der Waals surface area contributed by atoms with Crippen LogP contribution in [0, 0.1) is 5.92 Å². The smallest absolute Gasteiger partial charge is 0.236 e. The SMILES string of the molecule is CSC(C)(C)CNC(=O)[C@@H](N)CC(C)C.Cl. The number of rotatable bonds is 6. The van der Waals surface area contributed by atoms with Crippen molar-refractivity contribution < 1.29 is 4.79 Å². The van der Waals surface area contributed by atoms with Gasteiger partial charge in [0.15, 0.2) is 0 Å². The summed E-state index contributed by atoms with van der Waals surface area (Å²) in [5, 5.41) is 2.89. The number of halogens is 1. The van der Waals surface area contributed by atoms with E-state index in [1.54, 1.807) is 11.8 Å². The highest BCUT2D eigenvalue weighted by Crippen LogP contribution is 2.19. The first kappa shape index (κ1) is 18.4. The molecule has 0 radical (unpaired) electrons. The van der Waals surface area contributed by atoms with Gasteiger partial charge >= 0.3 is 0 Å². The van der Waals surface area contributed by atoms with E-state index in [2.05, 4.69) is 33.0 Å². The molecule has 0 aliphatic carbocycles. The van der Waals surface area contributed by atoms with Gasteiger partial charge in [0.05, 0.1) is 6.04 Å². The zero-order valence-electron chi connectivity index (χ0n) is 10.9. The van der Waals surface area contributed by atoms with Crippen LogP contribution in [0.4, 0.5) is 0 Å². The maximum absolute atomic E-state index is 11.6. The molecular weight excluding hydrogens is 244 g/mol. The number of nitrogens with one attached hydrogen (secondary N) is 1. The van der Waals surface area contributed by atoms with Gasteiger partial charge in [-0.1, -0.05) is 13.8 Å². The lowest BCUT2D eigenvalue weighted by atomic mass is 10.0. The molecule has 0 aliphatic heterocycles. The molecule has 0 heterocycles. The van der Waals surface area contributed by atoms with Crippen molar-refractivity contribution in [1.29, 1.82) is 0 Å². The summed E-state index contributed by atoms with van der Waals surface area (Å²) in [4.78, 5) is 11.6. The van der Waals surface area contributed by atoms with Gasteiger partial charge in [-0.25, -0.2) is 0 Å². The highest BCUT2D eigenvalue weighted by Gasteiger charge is 2.20. The van der Waals surface area contributed by atoms with Crippen molar-refractivity contribution in [3.63, 3.8) is 0 Å². The van der Waals surface area contributed by atoms with E-state index in [0.29, 0.717) is 12.5 Å². The second kappa shape index (κ2) is 8.20. The molecule has 5 heteroatoms. The number of amides is 1. The largest absolute Gasteiger partial charge is 0.353 e. The molecule has 0 fully saturated rings. The van der Waals surface area contributed by atoms with Gasteiger partial charge in [0.1, 0.15) is 0 Å². The van der Waals surface area contributed by atoms with Crippen molar-refractivity contribution in [3.05, 3.63) is 0 Å². The van der Waals surface area contributed by atoms with Crippen molar-refractivity contribution in [2.75, 3.05) is 12.8 Å². The predicted molar refractivity (Wildman–Crippen MR) is 75.3 cm³/mol. The molecule has 0 rings (SSSR count). The van der Waals surface area contributed by atoms with Crippen molar-refractivity contribution in [2.45, 2.75) is 44.9 Å². The third-order valence-electron chi connectivity index (χ3n) is 2.30. The fourth-order valence-corrected chi connectivity index (χ4v) is 1.33. The molecule has 0 aromatic rings. The standard InChI is InChI=1S/C11H24N2OS.ClH/c1-8(2)6-9(12)10(14)13-7-11(3,4)15-5;/h8-9H,6-7,12H2,1-5H3,(H,13,14);1H/t9-;/m0./s1. The van der Waals surface area contributed by atoms with Gasteiger partial charge in [0, 0.05) is 11.3 Å². The van der Waals surface area contributed by atoms with Gasteiger partial charge in [-0.3, -0.25) is 4.79 Å². The lowest BCUT2D eigenvalue weighted by Gasteiger charge is -2.23. The Kier molecular flexibility index (Phi) is 9.45. The van der Waals surface area contributed by atoms with Crippen LogP contribution < -0.4 is 11.1 Å². The van der Waals surface area contributed by atoms with Crippen molar-refractivity contribution in [3.8, 4) is 0 Å². The summed E-state index contributed by atoms with van der Waals surface area (Å²) in [6.07, 6.45) is 2.78. The van der Waals surface area contributed by atoms with Gasteiger partial charge in [0.25, 0.3) is 0 Å². The minimum absolute atomic E-state index is 0. The summed E-state index contributed by atoms with van der Waals surface area (Å²) in [5.41, 5.74) is 5.77. The molecule has 0 unspecified atom stereocenters. The monoisotopic (exact) mass is 268 g/mol. The average Bonchev–Trinajstić information content (AvgIpc) is 2.13. The van der Waals surface area contributed by atoms with E-state index < -0.39 is 0 Å². The Morgan fingerprint density at radius 3 is 2.31 bits per heavy atom. The molecule has 0 saturated heterocycles. The lowest BCUT2D eigenvalue weighted by molar-refractivity contribution is -0.122. The summed E-state index contributed by atoms with van der Waals surface area (Å²) in [5.74, 6) is 0.421. The van der Waals surface area contributed by atoms with Crippen LogP contribution in [0.5, 0.6) is 0 Å². The normalized spacial score (nSPS) is 13.2. The Morgan fingerprint density at radius 1 is 1.44 bits per heavy atom. The number of hydrogen-bond donors (Lipinski definition) is 2. The second-order valence-electron chi connectivity index (χ2n) is 4.92. The Morgan fingerprint density at radius 2 is 1.94 bits per heavy atom. The highest BCUT2D eigenvalue weighted by atomic mass is 35.5. The van der Waals surface area contributed by atoms with E-state index in [1.807, 2.05) is 6.26 Å². The summed E-state index contributed by atoms with van der Waals surface area (Å²) in [6, 6.07) is -0.373. The van der Waals surface area contributed by atoms with Crippen molar-refractivity contribution in [2.24, 2.45) is 11.7 Å². The Balaban J connectivity index is 0. The van der Waals surface area contributed by atoms with Gasteiger partial charge in [-0.05, 0) is 32.4 Å². The summed E-state index contributed by atoms with van der Waals surface area (Å²) >= 11 is 1.74. The van der Waals surface area contributed by atoms with Crippen LogP contribution in [0.3, 0.4) is 0 Å². The van der Waals surface area contributed by atoms with Crippen LogP contribution in [0.1, 0.15) is 34.1 Å². The van der Waals surface area contributed by atoms with Crippen LogP contribution in [-0.4, -0.2) is 29.5 Å². The highest BCUT2D eigenvalue weighted by molar-refractivity contribution is 7.99. The summed E-state index contributed by atoms with van der Waals surface area (Å²) in [6.45, 7) is 9.01. The average molecular weight is 269 g/mol. The summed E-state index contributed by atoms with van der Waals surface area (Å²) in [7, 11) is 0. The lowest BCUT2D eigenvalue weighted by Crippen LogP contribution is -2.45. The van der Waals surface area contributed by atoms with Gasteiger partial charge in [0.2, 0.25) is 5.91 Å². The van der Waals surface area contributed by atoms with Crippen LogP contribution in [0.25, 0.3) is 0 Å². The Labute approximate surface area is 110 Å². The third kappa shape index (κ3) is 8.25. The zero-order chi connectivity index (χ0) is 12.1. The maximum Gasteiger partial charge on any atom is 0.236 e. The molecule has 1 atom stereocenters. The van der Waals surface area contributed by atoms with Crippen LogP contribution in [-0.2, 0) is 4.79 Å². The number of thioether (sulfide) groups is 1. The number of nitrogens with two attached hydrogens (primary N) is 1. The Bertz CT molecular complexity index is 210. The number of carbonyl (C=O) groups is 1. The molecule has 3 N–H and O–H groups in total. The van der Waals surface area contributed by atoms with E-state index in [4.69, 9.17) is 5.73 Å². The molecular formula is C11H25ClN2OS. The third-order valence-corrected chi connectivity index (χ3v) is 3.55. The minimum atomic E-state index is -0.373. The van der Waals surface area contributed by atoms with E-state index in [1.165, 1.54) is 0 Å². The first-order valence-corrected chi connectivity index (χ1v) is 6.59. The molecule has 1 amide bonds. The van der Waals surface area contributed by atoms with Gasteiger partial charge < -0.3 is 11.1 Å². The van der Waals surface area contributed by atoms with Gasteiger partial charge in [-0.2, -0.15) is 11.8 Å². The first-order valence-electron chi connectivity index (χ1n) is 5.37. The second-order valence-corrected chi connectivity index (χ2v) is 6.43. The summed E-state index contributed by atoms with van der Waals surface area (Å²) < 4.78 is 0.0766. The Hall–Kier alpha value is 0.0700. The predicted octanol–water partition coefficient (Wildman–Crippen LogP) is 2.04. The quantitative estimate of drug-likeness (QED) is 0.775. The van der Waals surface area contributed by atoms with Crippen molar-refractivity contribution >= 4 is 30.1 Å². The van der Waals surface area contributed by atoms with E-state index in [-0.39, 0.29) is 29.1 Å². The van der Waals surface area contributed by atoms with Gasteiger partial charge in [-0.15, -0.1) is 12.4 Å². The van der Waals surface area contributed by atoms with Crippen LogP contribution >= 0.6 is 24.2 Å². The molecule has 0 aromatic heterocycles. The number of hydrogen-bond acceptors (Lipinski definition) is 3. The van der Waals surface area contributed by atoms with E-state index in [9.17, 15) is 4.79 Å². The molecule has 0 aliphatic rings. The van der Waals surface area contributed by atoms with Crippen molar-refractivity contribution in [1.82, 2.24) is 5.32 Å². The fraction of sp³-hybridized carbons (Fsp3) is 0.909. The molecule has 3 nitrogen and oxygen atoms in total. The molecule has 0 bridgehead atoms. The zero-order valence-corrected chi connectivity index (χ0v) is 12.5. The molecule has 0 saturated carbocycles. The van der Waals surface area contributed by atoms with E-state index in [0.717, 1.165) is 6.42 Å². The molecule has 0 spiro atoms. The molecule has 16 heavy (non-hydrogen) atoms.